The predicted octanol–water partition coefficient (Wildman–Crippen LogP) is 3.10. The minimum atomic E-state index is -0.453. The second-order valence-corrected chi connectivity index (χ2v) is 6.74. The van der Waals surface area contributed by atoms with Gasteiger partial charge < -0.3 is 10.6 Å². The number of rotatable bonds is 7. The summed E-state index contributed by atoms with van der Waals surface area (Å²) in [5.41, 5.74) is 7.90. The summed E-state index contributed by atoms with van der Waals surface area (Å²) in [7, 11) is 0. The Kier molecular flexibility index (Phi) is 6.32. The van der Waals surface area contributed by atoms with Crippen LogP contribution in [0.1, 0.15) is 39.2 Å². The lowest BCUT2D eigenvalue weighted by molar-refractivity contribution is -0.121. The number of nitrogens with zero attached hydrogens (tertiary/aromatic N) is 1. The normalized spacial score (nSPS) is 17.6. The Balaban J connectivity index is 2.08. The largest absolute Gasteiger partial charge is 0.322 e. The number of benzene rings is 1. The van der Waals surface area contributed by atoms with E-state index in [1.54, 1.807) is 13.0 Å². The molecule has 0 spiro atoms. The fraction of sp³-hybridized carbons (Fsp3) is 0.500. The molecule has 2 rings (SSSR count). The van der Waals surface area contributed by atoms with E-state index in [1.807, 2.05) is 29.2 Å². The summed E-state index contributed by atoms with van der Waals surface area (Å²) in [6.07, 6.45) is 5.79. The van der Waals surface area contributed by atoms with Crippen LogP contribution in [0.25, 0.3) is 0 Å². The van der Waals surface area contributed by atoms with E-state index < -0.39 is 6.04 Å². The SMILES string of the molecule is CC[C@H](C)[C@@H](/C=C/C(=O)N1CCc2ccccc21)CC(=O)[C@H](C)N. The molecule has 0 unspecified atom stereocenters. The summed E-state index contributed by atoms with van der Waals surface area (Å²) >= 11 is 0. The van der Waals surface area contributed by atoms with Crippen LogP contribution in [0.2, 0.25) is 0 Å². The maximum absolute atomic E-state index is 12.6. The zero-order valence-electron chi connectivity index (χ0n) is 14.9. The minimum absolute atomic E-state index is 0.0125. The fourth-order valence-corrected chi connectivity index (χ4v) is 3.04. The van der Waals surface area contributed by atoms with Crippen molar-refractivity contribution in [3.05, 3.63) is 42.0 Å². The monoisotopic (exact) mass is 328 g/mol. The number of Topliss-reactive ketones (excluding diaryl/α,β-unsaturated/α-hetero) is 1. The Bertz CT molecular complexity index is 622. The summed E-state index contributed by atoms with van der Waals surface area (Å²) in [5, 5.41) is 0. The van der Waals surface area contributed by atoms with Gasteiger partial charge in [0.25, 0.3) is 5.91 Å². The quantitative estimate of drug-likeness (QED) is 0.782. The molecule has 4 nitrogen and oxygen atoms in total. The number of amides is 1. The van der Waals surface area contributed by atoms with Gasteiger partial charge in [0.05, 0.1) is 6.04 Å². The highest BCUT2D eigenvalue weighted by Gasteiger charge is 2.24. The molecule has 2 N–H and O–H groups in total. The molecule has 1 heterocycles. The molecule has 1 aromatic carbocycles. The van der Waals surface area contributed by atoms with Gasteiger partial charge in [-0.25, -0.2) is 0 Å². The van der Waals surface area contributed by atoms with Gasteiger partial charge >= 0.3 is 0 Å². The number of para-hydroxylation sites is 1. The first-order chi connectivity index (χ1) is 11.4. The summed E-state index contributed by atoms with van der Waals surface area (Å²) in [6.45, 7) is 6.64. The Morgan fingerprint density at radius 1 is 1.29 bits per heavy atom. The molecule has 0 saturated heterocycles. The molecule has 0 aromatic heterocycles. The zero-order valence-corrected chi connectivity index (χ0v) is 14.9. The van der Waals surface area contributed by atoms with Crippen molar-refractivity contribution < 1.29 is 9.59 Å². The van der Waals surface area contributed by atoms with Crippen molar-refractivity contribution in [3.63, 3.8) is 0 Å². The van der Waals surface area contributed by atoms with E-state index in [9.17, 15) is 9.59 Å². The Morgan fingerprint density at radius 2 is 2.00 bits per heavy atom. The van der Waals surface area contributed by atoms with Crippen molar-refractivity contribution in [2.75, 3.05) is 11.4 Å². The second-order valence-electron chi connectivity index (χ2n) is 6.74. The van der Waals surface area contributed by atoms with Gasteiger partial charge in [-0.1, -0.05) is 44.5 Å². The third-order valence-electron chi connectivity index (χ3n) is 4.96. The van der Waals surface area contributed by atoms with Gasteiger partial charge in [0, 0.05) is 18.7 Å². The molecule has 0 radical (unpaired) electrons. The second kappa shape index (κ2) is 8.25. The molecule has 0 fully saturated rings. The zero-order chi connectivity index (χ0) is 17.7. The molecular formula is C20H28N2O2. The molecule has 130 valence electrons. The molecule has 4 heteroatoms. The van der Waals surface area contributed by atoms with Crippen LogP contribution in [-0.4, -0.2) is 24.3 Å². The van der Waals surface area contributed by atoms with E-state index in [4.69, 9.17) is 5.73 Å². The molecule has 1 aliphatic rings. The van der Waals surface area contributed by atoms with E-state index in [2.05, 4.69) is 19.9 Å². The Hall–Kier alpha value is -1.94. The third kappa shape index (κ3) is 4.32. The lowest BCUT2D eigenvalue weighted by atomic mass is 9.86. The van der Waals surface area contributed by atoms with E-state index >= 15 is 0 Å². The van der Waals surface area contributed by atoms with Gasteiger partial charge in [-0.2, -0.15) is 0 Å². The Morgan fingerprint density at radius 3 is 2.67 bits per heavy atom. The maximum atomic E-state index is 12.6. The summed E-state index contributed by atoms with van der Waals surface area (Å²) < 4.78 is 0. The summed E-state index contributed by atoms with van der Waals surface area (Å²) in [5.74, 6) is 0.420. The molecule has 0 saturated carbocycles. The van der Waals surface area contributed by atoms with Crippen LogP contribution < -0.4 is 10.6 Å². The number of ketones is 1. The lowest BCUT2D eigenvalue weighted by Gasteiger charge is -2.20. The number of allylic oxidation sites excluding steroid dienone is 1. The molecule has 1 aliphatic heterocycles. The van der Waals surface area contributed by atoms with Crippen LogP contribution in [0.15, 0.2) is 36.4 Å². The van der Waals surface area contributed by atoms with E-state index in [1.165, 1.54) is 5.56 Å². The van der Waals surface area contributed by atoms with Crippen LogP contribution in [0, 0.1) is 11.8 Å². The molecule has 24 heavy (non-hydrogen) atoms. The van der Waals surface area contributed by atoms with E-state index in [0.29, 0.717) is 12.3 Å². The fourth-order valence-electron chi connectivity index (χ4n) is 3.04. The van der Waals surface area contributed by atoms with Gasteiger partial charge in [-0.3, -0.25) is 9.59 Å². The van der Waals surface area contributed by atoms with E-state index in [-0.39, 0.29) is 17.6 Å². The van der Waals surface area contributed by atoms with Gasteiger partial charge in [0.2, 0.25) is 0 Å². The van der Waals surface area contributed by atoms with E-state index in [0.717, 1.165) is 25.1 Å². The first-order valence-electron chi connectivity index (χ1n) is 8.80. The van der Waals surface area contributed by atoms with Gasteiger partial charge in [0.1, 0.15) is 5.78 Å². The standard InChI is InChI=1S/C20H28N2O2/c1-4-14(2)17(13-19(23)15(3)21)9-10-20(24)22-12-11-16-7-5-6-8-18(16)22/h5-10,14-15,17H,4,11-13,21H2,1-3H3/b10-9+/t14-,15-,17-/m0/s1. The highest BCUT2D eigenvalue weighted by atomic mass is 16.2. The number of nitrogens with two attached hydrogens (primary N) is 1. The molecule has 3 atom stereocenters. The first-order valence-corrected chi connectivity index (χ1v) is 8.80. The molecule has 1 aromatic rings. The summed E-state index contributed by atoms with van der Waals surface area (Å²) in [4.78, 5) is 26.4. The van der Waals surface area contributed by atoms with Crippen LogP contribution in [0.3, 0.4) is 0 Å². The topological polar surface area (TPSA) is 63.4 Å². The molecule has 1 amide bonds. The Labute approximate surface area is 144 Å². The smallest absolute Gasteiger partial charge is 0.250 e. The van der Waals surface area contributed by atoms with Crippen molar-refractivity contribution in [2.24, 2.45) is 17.6 Å². The number of carbonyl (C=O) groups is 2. The number of anilines is 1. The van der Waals surface area contributed by atoms with Crippen molar-refractivity contribution in [1.82, 2.24) is 0 Å². The minimum Gasteiger partial charge on any atom is -0.322 e. The van der Waals surface area contributed by atoms with Crippen LogP contribution in [-0.2, 0) is 16.0 Å². The number of fused-ring (bicyclic) bond motifs is 1. The number of hydrogen-bond donors (Lipinski definition) is 1. The summed E-state index contributed by atoms with van der Waals surface area (Å²) in [6, 6.07) is 7.56. The highest BCUT2D eigenvalue weighted by molar-refractivity contribution is 6.02. The van der Waals surface area contributed by atoms with Crippen molar-refractivity contribution in [2.45, 2.75) is 46.1 Å². The van der Waals surface area contributed by atoms with Gasteiger partial charge in [-0.15, -0.1) is 0 Å². The average Bonchev–Trinajstić information content (AvgIpc) is 3.01. The maximum Gasteiger partial charge on any atom is 0.250 e. The molecular weight excluding hydrogens is 300 g/mol. The number of carbonyl (C=O) groups excluding carboxylic acids is 2. The van der Waals surface area contributed by atoms with Gasteiger partial charge in [0.15, 0.2) is 0 Å². The van der Waals surface area contributed by atoms with Crippen molar-refractivity contribution in [3.8, 4) is 0 Å². The number of hydrogen-bond acceptors (Lipinski definition) is 3. The predicted molar refractivity (Wildman–Crippen MR) is 97.9 cm³/mol. The first kappa shape index (κ1) is 18.4. The van der Waals surface area contributed by atoms with Crippen molar-refractivity contribution >= 4 is 17.4 Å². The molecule has 0 bridgehead atoms. The van der Waals surface area contributed by atoms with Crippen molar-refractivity contribution in [1.29, 1.82) is 0 Å². The average molecular weight is 328 g/mol. The highest BCUT2D eigenvalue weighted by Crippen LogP contribution is 2.28. The van der Waals surface area contributed by atoms with Gasteiger partial charge in [-0.05, 0) is 42.9 Å². The third-order valence-corrected chi connectivity index (χ3v) is 4.96. The van der Waals surface area contributed by atoms with Crippen LogP contribution in [0.4, 0.5) is 5.69 Å². The van der Waals surface area contributed by atoms with Crippen LogP contribution >= 0.6 is 0 Å². The van der Waals surface area contributed by atoms with Crippen LogP contribution in [0.5, 0.6) is 0 Å². The molecule has 0 aliphatic carbocycles. The lowest BCUT2D eigenvalue weighted by Crippen LogP contribution is -2.30.